The standard InChI is InChI=1S/C42H27N3S/c1-5-15-28(16-6-1)34-27-37(44-42(43-34)31-21-11-4-12-22-31)45-35-24-14-13-23-32(35)39-36(45)26-25-33-38(29-17-7-2-8-18-29)40(46-41(33)39)30-19-9-3-10-20-30/h1-27H. The quantitative estimate of drug-likeness (QED) is 0.195. The molecular formula is C42H27N3S. The van der Waals surface area contributed by atoms with E-state index in [-0.39, 0.29) is 0 Å². The van der Waals surface area contributed by atoms with Gasteiger partial charge >= 0.3 is 0 Å². The highest BCUT2D eigenvalue weighted by Crippen LogP contribution is 2.49. The molecule has 0 saturated carbocycles. The average Bonchev–Trinajstić information content (AvgIpc) is 3.69. The van der Waals surface area contributed by atoms with Gasteiger partial charge in [-0.3, -0.25) is 4.57 Å². The lowest BCUT2D eigenvalue weighted by Gasteiger charge is -2.12. The van der Waals surface area contributed by atoms with Crippen LogP contribution in [-0.2, 0) is 0 Å². The van der Waals surface area contributed by atoms with Crippen LogP contribution in [0.3, 0.4) is 0 Å². The molecule has 0 radical (unpaired) electrons. The van der Waals surface area contributed by atoms with Crippen LogP contribution in [0.5, 0.6) is 0 Å². The van der Waals surface area contributed by atoms with E-state index in [1.165, 1.54) is 42.4 Å². The largest absolute Gasteiger partial charge is 0.294 e. The fourth-order valence-corrected chi connectivity index (χ4v) is 7.94. The van der Waals surface area contributed by atoms with Crippen molar-refractivity contribution in [2.75, 3.05) is 0 Å². The fraction of sp³-hybridized carbons (Fsp3) is 0. The number of benzene rings is 6. The first-order chi connectivity index (χ1) is 22.8. The Bertz CT molecular complexity index is 2440. The Balaban J connectivity index is 1.38. The number of aromatic nitrogens is 3. The molecule has 0 aliphatic carbocycles. The van der Waals surface area contributed by atoms with Crippen LogP contribution in [0.4, 0.5) is 0 Å². The molecule has 9 aromatic rings. The Hall–Kier alpha value is -5.84. The second kappa shape index (κ2) is 11.0. The van der Waals surface area contributed by atoms with Crippen LogP contribution in [-0.4, -0.2) is 14.5 Å². The number of para-hydroxylation sites is 1. The molecule has 0 amide bonds. The van der Waals surface area contributed by atoms with E-state index in [1.807, 2.05) is 35.6 Å². The molecular weight excluding hydrogens is 579 g/mol. The van der Waals surface area contributed by atoms with Crippen LogP contribution < -0.4 is 0 Å². The summed E-state index contributed by atoms with van der Waals surface area (Å²) >= 11 is 1.88. The minimum absolute atomic E-state index is 0.706. The smallest absolute Gasteiger partial charge is 0.162 e. The van der Waals surface area contributed by atoms with Crippen molar-refractivity contribution < 1.29 is 0 Å². The topological polar surface area (TPSA) is 30.7 Å². The maximum atomic E-state index is 5.23. The predicted octanol–water partition coefficient (Wildman–Crippen LogP) is 11.5. The predicted molar refractivity (Wildman–Crippen MR) is 193 cm³/mol. The SMILES string of the molecule is c1ccc(-c2cc(-n3c4ccccc4c4c5sc(-c6ccccc6)c(-c6ccccc6)c5ccc43)nc(-c3ccccc3)n2)cc1. The van der Waals surface area contributed by atoms with Crippen molar-refractivity contribution in [1.29, 1.82) is 0 Å². The third kappa shape index (κ3) is 4.34. The molecule has 0 spiro atoms. The fourth-order valence-electron chi connectivity index (χ4n) is 6.56. The molecule has 0 fully saturated rings. The van der Waals surface area contributed by atoms with E-state index in [1.54, 1.807) is 0 Å². The molecule has 0 atom stereocenters. The number of hydrogen-bond donors (Lipinski definition) is 0. The lowest BCUT2D eigenvalue weighted by Crippen LogP contribution is -2.02. The number of fused-ring (bicyclic) bond motifs is 5. The number of hydrogen-bond acceptors (Lipinski definition) is 3. The summed E-state index contributed by atoms with van der Waals surface area (Å²) in [7, 11) is 0. The zero-order chi connectivity index (χ0) is 30.5. The van der Waals surface area contributed by atoms with Gasteiger partial charge in [-0.25, -0.2) is 9.97 Å². The van der Waals surface area contributed by atoms with Gasteiger partial charge in [-0.05, 0) is 23.3 Å². The highest BCUT2D eigenvalue weighted by Gasteiger charge is 2.22. The molecule has 9 rings (SSSR count). The van der Waals surface area contributed by atoms with E-state index in [4.69, 9.17) is 9.97 Å². The maximum absolute atomic E-state index is 5.23. The molecule has 3 aromatic heterocycles. The van der Waals surface area contributed by atoms with Gasteiger partial charge in [-0.15, -0.1) is 11.3 Å². The lowest BCUT2D eigenvalue weighted by atomic mass is 9.98. The third-order valence-electron chi connectivity index (χ3n) is 8.63. The van der Waals surface area contributed by atoms with Gasteiger partial charge in [-0.1, -0.05) is 146 Å². The Kier molecular flexibility index (Phi) is 6.32. The summed E-state index contributed by atoms with van der Waals surface area (Å²) in [5.74, 6) is 1.55. The van der Waals surface area contributed by atoms with Gasteiger partial charge < -0.3 is 0 Å². The molecule has 6 aromatic carbocycles. The number of rotatable bonds is 5. The van der Waals surface area contributed by atoms with E-state index in [0.29, 0.717) is 5.82 Å². The van der Waals surface area contributed by atoms with E-state index in [2.05, 4.69) is 144 Å². The van der Waals surface area contributed by atoms with Gasteiger partial charge in [0.25, 0.3) is 0 Å². The van der Waals surface area contributed by atoms with Crippen LogP contribution in [0.2, 0.25) is 0 Å². The molecule has 0 aliphatic rings. The van der Waals surface area contributed by atoms with Crippen molar-refractivity contribution in [3.63, 3.8) is 0 Å². The van der Waals surface area contributed by atoms with Gasteiger partial charge in [0.05, 0.1) is 16.7 Å². The van der Waals surface area contributed by atoms with Gasteiger partial charge in [0.1, 0.15) is 5.82 Å². The van der Waals surface area contributed by atoms with Crippen LogP contribution in [0.1, 0.15) is 0 Å². The van der Waals surface area contributed by atoms with Crippen LogP contribution in [0.15, 0.2) is 164 Å². The highest BCUT2D eigenvalue weighted by atomic mass is 32.1. The van der Waals surface area contributed by atoms with Gasteiger partial charge in [0.2, 0.25) is 0 Å². The molecule has 0 N–H and O–H groups in total. The molecule has 3 nitrogen and oxygen atoms in total. The van der Waals surface area contributed by atoms with Gasteiger partial charge in [0, 0.05) is 48.5 Å². The molecule has 0 aliphatic heterocycles. The first-order valence-electron chi connectivity index (χ1n) is 15.4. The summed E-state index contributed by atoms with van der Waals surface area (Å²) in [6.45, 7) is 0. The van der Waals surface area contributed by atoms with Crippen molar-refractivity contribution in [3.8, 4) is 50.0 Å². The van der Waals surface area contributed by atoms with Gasteiger partial charge in [-0.2, -0.15) is 0 Å². The van der Waals surface area contributed by atoms with Crippen molar-refractivity contribution in [2.24, 2.45) is 0 Å². The van der Waals surface area contributed by atoms with E-state index < -0.39 is 0 Å². The third-order valence-corrected chi connectivity index (χ3v) is 9.91. The van der Waals surface area contributed by atoms with Crippen molar-refractivity contribution >= 4 is 43.2 Å². The molecule has 4 heteroatoms. The summed E-state index contributed by atoms with van der Waals surface area (Å²) in [5, 5.41) is 3.73. The summed E-state index contributed by atoms with van der Waals surface area (Å²) in [5.41, 5.74) is 8.94. The Morgan fingerprint density at radius 1 is 0.457 bits per heavy atom. The zero-order valence-electron chi connectivity index (χ0n) is 24.8. The Labute approximate surface area is 270 Å². The first kappa shape index (κ1) is 26.6. The average molecular weight is 606 g/mol. The summed E-state index contributed by atoms with van der Waals surface area (Å²) < 4.78 is 3.60. The first-order valence-corrected chi connectivity index (χ1v) is 16.2. The zero-order valence-corrected chi connectivity index (χ0v) is 25.7. The second-order valence-electron chi connectivity index (χ2n) is 11.4. The Morgan fingerprint density at radius 2 is 1.04 bits per heavy atom. The molecule has 3 heterocycles. The molecule has 0 saturated heterocycles. The van der Waals surface area contributed by atoms with Gasteiger partial charge in [0.15, 0.2) is 5.82 Å². The van der Waals surface area contributed by atoms with Crippen LogP contribution in [0.25, 0.3) is 81.9 Å². The number of thiophene rings is 1. The highest BCUT2D eigenvalue weighted by molar-refractivity contribution is 7.24. The minimum atomic E-state index is 0.706. The molecule has 0 unspecified atom stereocenters. The van der Waals surface area contributed by atoms with E-state index in [0.717, 1.165) is 33.7 Å². The van der Waals surface area contributed by atoms with E-state index >= 15 is 0 Å². The molecule has 0 bridgehead atoms. The summed E-state index contributed by atoms with van der Waals surface area (Å²) in [6, 6.07) is 57.6. The van der Waals surface area contributed by atoms with Crippen molar-refractivity contribution in [3.05, 3.63) is 164 Å². The maximum Gasteiger partial charge on any atom is 0.162 e. The van der Waals surface area contributed by atoms with E-state index in [9.17, 15) is 0 Å². The second-order valence-corrected chi connectivity index (χ2v) is 12.4. The van der Waals surface area contributed by atoms with Crippen molar-refractivity contribution in [2.45, 2.75) is 0 Å². The molecule has 216 valence electrons. The van der Waals surface area contributed by atoms with Crippen LogP contribution >= 0.6 is 11.3 Å². The summed E-state index contributed by atoms with van der Waals surface area (Å²) in [4.78, 5) is 11.6. The van der Waals surface area contributed by atoms with Crippen molar-refractivity contribution in [1.82, 2.24) is 14.5 Å². The Morgan fingerprint density at radius 3 is 1.74 bits per heavy atom. The normalized spacial score (nSPS) is 11.5. The van der Waals surface area contributed by atoms with Crippen LogP contribution in [0, 0.1) is 0 Å². The lowest BCUT2D eigenvalue weighted by molar-refractivity contribution is 1.05. The monoisotopic (exact) mass is 605 g/mol. The molecule has 46 heavy (non-hydrogen) atoms. The number of nitrogens with zero attached hydrogens (tertiary/aromatic N) is 3. The summed E-state index contributed by atoms with van der Waals surface area (Å²) in [6.07, 6.45) is 0. The minimum Gasteiger partial charge on any atom is -0.294 e.